The molecule has 1 aliphatic heterocycles. The molecule has 1 aliphatic rings. The second kappa shape index (κ2) is 11.3. The number of ether oxygens (including phenoxy) is 1. The van der Waals surface area contributed by atoms with Crippen molar-refractivity contribution in [2.75, 3.05) is 42.7 Å². The number of anilines is 3. The van der Waals surface area contributed by atoms with E-state index in [0.717, 1.165) is 47.6 Å². The Morgan fingerprint density at radius 1 is 1.05 bits per heavy atom. The van der Waals surface area contributed by atoms with Crippen LogP contribution in [0, 0.1) is 5.82 Å². The maximum Gasteiger partial charge on any atom is 0.323 e. The standard InChI is InChI=1S/C28H26F2N8O3/c29-12-17-9-19(30)11-21(10-17)36-28(39)35-20-3-1-18(2-4-20)24-25(23-13-32-16-41-23)22(14-37-5-7-40-8-6-37)38-26(24)27(31)33-15-34-38/h1-4,9-11,13,15-16H,5-8,12,14H2,(H2,31,33,34)(H2,35,36,39). The highest BCUT2D eigenvalue weighted by atomic mass is 19.1. The molecule has 5 aromatic rings. The first-order chi connectivity index (χ1) is 20.0. The van der Waals surface area contributed by atoms with Gasteiger partial charge in [0.1, 0.15) is 24.3 Å². The van der Waals surface area contributed by atoms with E-state index in [-0.39, 0.29) is 11.3 Å². The third-order valence-corrected chi connectivity index (χ3v) is 6.81. The number of carbonyl (C=O) groups excluding carboxylic acids is 1. The first-order valence-electron chi connectivity index (χ1n) is 12.9. The van der Waals surface area contributed by atoms with E-state index in [9.17, 15) is 13.6 Å². The molecule has 210 valence electrons. The predicted octanol–water partition coefficient (Wildman–Crippen LogP) is 4.72. The van der Waals surface area contributed by atoms with Gasteiger partial charge < -0.3 is 25.5 Å². The molecule has 13 heteroatoms. The van der Waals surface area contributed by atoms with Gasteiger partial charge in [0.2, 0.25) is 0 Å². The van der Waals surface area contributed by atoms with Gasteiger partial charge in [-0.25, -0.2) is 28.1 Å². The van der Waals surface area contributed by atoms with Crippen LogP contribution >= 0.6 is 0 Å². The summed E-state index contributed by atoms with van der Waals surface area (Å²) in [5, 5.41) is 9.77. The van der Waals surface area contributed by atoms with Crippen LogP contribution in [0.2, 0.25) is 0 Å². The Labute approximate surface area is 232 Å². The zero-order valence-electron chi connectivity index (χ0n) is 21.8. The molecule has 0 spiro atoms. The lowest BCUT2D eigenvalue weighted by molar-refractivity contribution is 0.0335. The van der Waals surface area contributed by atoms with Crippen LogP contribution < -0.4 is 16.4 Å². The van der Waals surface area contributed by atoms with E-state index in [1.165, 1.54) is 18.8 Å². The molecule has 2 aromatic carbocycles. The molecule has 11 nitrogen and oxygen atoms in total. The van der Waals surface area contributed by atoms with Crippen molar-refractivity contribution in [3.05, 3.63) is 78.5 Å². The van der Waals surface area contributed by atoms with E-state index < -0.39 is 18.5 Å². The van der Waals surface area contributed by atoms with Crippen LogP contribution in [0.5, 0.6) is 0 Å². The van der Waals surface area contributed by atoms with Gasteiger partial charge in [-0.15, -0.1) is 0 Å². The molecule has 4 N–H and O–H groups in total. The summed E-state index contributed by atoms with van der Waals surface area (Å²) in [5.74, 6) is 0.212. The number of morpholine rings is 1. The lowest BCUT2D eigenvalue weighted by Crippen LogP contribution is -2.36. The summed E-state index contributed by atoms with van der Waals surface area (Å²) in [4.78, 5) is 23.2. The fraction of sp³-hybridized carbons (Fsp3) is 0.214. The molecule has 0 saturated carbocycles. The first-order valence-corrected chi connectivity index (χ1v) is 12.9. The lowest BCUT2D eigenvalue weighted by Gasteiger charge is -2.26. The summed E-state index contributed by atoms with van der Waals surface area (Å²) in [5.41, 5.74) is 11.0. The zero-order valence-corrected chi connectivity index (χ0v) is 21.8. The van der Waals surface area contributed by atoms with E-state index in [2.05, 4.69) is 30.6 Å². The number of amides is 2. The van der Waals surface area contributed by atoms with Gasteiger partial charge in [0.15, 0.2) is 18.0 Å². The number of carbonyl (C=O) groups is 1. The second-order valence-corrected chi connectivity index (χ2v) is 9.49. The van der Waals surface area contributed by atoms with Gasteiger partial charge in [0.25, 0.3) is 0 Å². The number of benzene rings is 2. The second-order valence-electron chi connectivity index (χ2n) is 9.49. The van der Waals surface area contributed by atoms with Crippen molar-refractivity contribution in [3.63, 3.8) is 0 Å². The topological polar surface area (TPSA) is 136 Å². The zero-order chi connectivity index (χ0) is 28.3. The van der Waals surface area contributed by atoms with Gasteiger partial charge in [-0.05, 0) is 41.5 Å². The van der Waals surface area contributed by atoms with Gasteiger partial charge in [-0.3, -0.25) is 4.90 Å². The Hall–Kier alpha value is -4.88. The van der Waals surface area contributed by atoms with Crippen molar-refractivity contribution < 1.29 is 22.7 Å². The number of urea groups is 1. The SMILES string of the molecule is Nc1ncnn2c(CN3CCOCC3)c(-c3cnco3)c(-c3ccc(NC(=O)Nc4cc(F)cc(CF)c4)cc3)c12. The van der Waals surface area contributed by atoms with E-state index in [0.29, 0.717) is 42.5 Å². The van der Waals surface area contributed by atoms with Gasteiger partial charge in [-0.1, -0.05) is 12.1 Å². The number of hydrogen-bond acceptors (Lipinski definition) is 8. The highest BCUT2D eigenvalue weighted by Gasteiger charge is 2.27. The molecular formula is C28H26F2N8O3. The van der Waals surface area contributed by atoms with Crippen molar-refractivity contribution in [1.82, 2.24) is 24.5 Å². The number of aromatic nitrogens is 4. The van der Waals surface area contributed by atoms with Crippen molar-refractivity contribution in [1.29, 1.82) is 0 Å². The fourth-order valence-corrected chi connectivity index (χ4v) is 4.99. The molecule has 4 heterocycles. The molecule has 0 aliphatic carbocycles. The molecule has 2 amide bonds. The van der Waals surface area contributed by atoms with Gasteiger partial charge in [-0.2, -0.15) is 5.10 Å². The minimum atomic E-state index is -0.843. The van der Waals surface area contributed by atoms with Gasteiger partial charge in [0.05, 0.1) is 30.7 Å². The number of nitrogen functional groups attached to an aromatic ring is 1. The van der Waals surface area contributed by atoms with Crippen LogP contribution in [0.15, 0.2) is 65.8 Å². The summed E-state index contributed by atoms with van der Waals surface area (Å²) < 4.78 is 39.8. The minimum Gasteiger partial charge on any atom is -0.443 e. The van der Waals surface area contributed by atoms with E-state index in [4.69, 9.17) is 14.9 Å². The maximum absolute atomic E-state index is 13.7. The third-order valence-electron chi connectivity index (χ3n) is 6.81. The molecule has 0 atom stereocenters. The number of rotatable bonds is 7. The highest BCUT2D eigenvalue weighted by Crippen LogP contribution is 2.42. The highest BCUT2D eigenvalue weighted by molar-refractivity contribution is 6.01. The van der Waals surface area contributed by atoms with Crippen molar-refractivity contribution in [2.24, 2.45) is 0 Å². The molecule has 41 heavy (non-hydrogen) atoms. The van der Waals surface area contributed by atoms with Gasteiger partial charge in [0, 0.05) is 36.6 Å². The number of nitrogens with one attached hydrogen (secondary N) is 2. The molecule has 3 aromatic heterocycles. The normalized spacial score (nSPS) is 13.9. The summed E-state index contributed by atoms with van der Waals surface area (Å²) >= 11 is 0. The molecule has 0 radical (unpaired) electrons. The summed E-state index contributed by atoms with van der Waals surface area (Å²) in [6, 6.07) is 10.1. The van der Waals surface area contributed by atoms with Crippen LogP contribution in [0.25, 0.3) is 28.0 Å². The van der Waals surface area contributed by atoms with Crippen LogP contribution in [0.1, 0.15) is 11.3 Å². The van der Waals surface area contributed by atoms with Gasteiger partial charge >= 0.3 is 6.03 Å². The number of oxazole rings is 1. The van der Waals surface area contributed by atoms with Crippen LogP contribution in [-0.2, 0) is 18.0 Å². The van der Waals surface area contributed by atoms with Crippen LogP contribution in [0.3, 0.4) is 0 Å². The number of nitrogens with two attached hydrogens (primary N) is 1. The molecular weight excluding hydrogens is 534 g/mol. The third kappa shape index (κ3) is 5.44. The lowest BCUT2D eigenvalue weighted by atomic mass is 9.99. The first kappa shape index (κ1) is 26.3. The van der Waals surface area contributed by atoms with Crippen molar-refractivity contribution >= 4 is 28.7 Å². The van der Waals surface area contributed by atoms with Crippen LogP contribution in [-0.4, -0.2) is 56.8 Å². The largest absolute Gasteiger partial charge is 0.443 e. The van der Waals surface area contributed by atoms with E-state index in [1.54, 1.807) is 22.8 Å². The summed E-state index contributed by atoms with van der Waals surface area (Å²) in [7, 11) is 0. The molecule has 0 bridgehead atoms. The molecule has 1 fully saturated rings. The minimum absolute atomic E-state index is 0.128. The molecule has 6 rings (SSSR count). The Balaban J connectivity index is 1.34. The average Bonchev–Trinajstić information content (AvgIpc) is 3.61. The Morgan fingerprint density at radius 3 is 2.56 bits per heavy atom. The quantitative estimate of drug-likeness (QED) is 0.260. The summed E-state index contributed by atoms with van der Waals surface area (Å²) in [6.45, 7) is 2.55. The van der Waals surface area contributed by atoms with Crippen molar-refractivity contribution in [2.45, 2.75) is 13.2 Å². The van der Waals surface area contributed by atoms with Crippen molar-refractivity contribution in [3.8, 4) is 22.5 Å². The Morgan fingerprint density at radius 2 is 1.83 bits per heavy atom. The maximum atomic E-state index is 13.7. The van der Waals surface area contributed by atoms with E-state index in [1.807, 2.05) is 12.1 Å². The Bertz CT molecular complexity index is 1680. The number of nitrogens with zero attached hydrogens (tertiary/aromatic N) is 5. The smallest absolute Gasteiger partial charge is 0.323 e. The number of fused-ring (bicyclic) bond motifs is 1. The fourth-order valence-electron chi connectivity index (χ4n) is 4.99. The summed E-state index contributed by atoms with van der Waals surface area (Å²) in [6.07, 6.45) is 4.43. The Kier molecular flexibility index (Phi) is 7.27. The van der Waals surface area contributed by atoms with Crippen LogP contribution in [0.4, 0.5) is 30.8 Å². The predicted molar refractivity (Wildman–Crippen MR) is 148 cm³/mol. The monoisotopic (exact) mass is 560 g/mol. The number of hydrogen-bond donors (Lipinski definition) is 3. The molecule has 1 saturated heterocycles. The number of alkyl halides is 1. The van der Waals surface area contributed by atoms with E-state index >= 15 is 0 Å². The molecule has 0 unspecified atom stereocenters. The average molecular weight is 561 g/mol. The number of halogens is 2.